The molecule has 1 saturated heterocycles. The first-order valence-electron chi connectivity index (χ1n) is 5.79. The number of halogens is 2. The van der Waals surface area contributed by atoms with Gasteiger partial charge in [0.1, 0.15) is 5.82 Å². The number of nitrogens with zero attached hydrogens (tertiary/aromatic N) is 1. The number of carbonyl (C=O) groups is 1. The Hall–Kier alpha value is -0.950. The molecule has 2 rings (SSSR count). The highest BCUT2D eigenvalue weighted by Gasteiger charge is 2.25. The molecular formula is C12H13BrFNO3S. The second-order valence-electron chi connectivity index (χ2n) is 4.45. The molecule has 1 aliphatic rings. The van der Waals surface area contributed by atoms with Gasteiger partial charge in [-0.05, 0) is 17.7 Å². The third-order valence-corrected chi connectivity index (χ3v) is 5.16. The van der Waals surface area contributed by atoms with Crippen LogP contribution >= 0.6 is 15.9 Å². The second kappa shape index (κ2) is 5.58. The Labute approximate surface area is 119 Å². The number of carbonyl (C=O) groups excluding carboxylic acids is 1. The fourth-order valence-corrected chi connectivity index (χ4v) is 3.44. The van der Waals surface area contributed by atoms with Crippen LogP contribution < -0.4 is 0 Å². The van der Waals surface area contributed by atoms with Gasteiger partial charge in [0.15, 0.2) is 9.84 Å². The first-order valence-corrected chi connectivity index (χ1v) is 8.41. The molecule has 1 heterocycles. The summed E-state index contributed by atoms with van der Waals surface area (Å²) in [5, 5.41) is 0. The van der Waals surface area contributed by atoms with Crippen molar-refractivity contribution in [3.05, 3.63) is 34.1 Å². The highest BCUT2D eigenvalue weighted by Crippen LogP contribution is 2.16. The van der Waals surface area contributed by atoms with Gasteiger partial charge < -0.3 is 4.90 Å². The van der Waals surface area contributed by atoms with Crippen molar-refractivity contribution in [2.75, 3.05) is 24.6 Å². The summed E-state index contributed by atoms with van der Waals surface area (Å²) in [4.78, 5) is 13.4. The summed E-state index contributed by atoms with van der Waals surface area (Å²) in [5.74, 6) is -0.702. The van der Waals surface area contributed by atoms with Crippen LogP contribution in [0, 0.1) is 5.82 Å². The summed E-state index contributed by atoms with van der Waals surface area (Å²) < 4.78 is 36.8. The van der Waals surface area contributed by atoms with Crippen LogP contribution in [-0.4, -0.2) is 43.8 Å². The Kier molecular flexibility index (Phi) is 4.25. The summed E-state index contributed by atoms with van der Waals surface area (Å²) in [5.41, 5.74) is 0.321. The quantitative estimate of drug-likeness (QED) is 0.810. The van der Waals surface area contributed by atoms with Gasteiger partial charge in [-0.3, -0.25) is 4.79 Å². The molecule has 1 aliphatic heterocycles. The minimum absolute atomic E-state index is 0.0123. The van der Waals surface area contributed by atoms with E-state index in [0.29, 0.717) is 10.0 Å². The van der Waals surface area contributed by atoms with E-state index in [9.17, 15) is 17.6 Å². The molecule has 0 atom stereocenters. The van der Waals surface area contributed by atoms with E-state index in [-0.39, 0.29) is 36.9 Å². The smallest absolute Gasteiger partial charge is 0.227 e. The van der Waals surface area contributed by atoms with Gasteiger partial charge in [0, 0.05) is 17.6 Å². The second-order valence-corrected chi connectivity index (χ2v) is 7.66. The maximum atomic E-state index is 13.6. The molecule has 0 aromatic heterocycles. The lowest BCUT2D eigenvalue weighted by Crippen LogP contribution is -2.44. The van der Waals surface area contributed by atoms with E-state index < -0.39 is 15.7 Å². The third-order valence-electron chi connectivity index (χ3n) is 3.05. The fourth-order valence-electron chi connectivity index (χ4n) is 1.90. The van der Waals surface area contributed by atoms with Crippen LogP contribution in [0.3, 0.4) is 0 Å². The van der Waals surface area contributed by atoms with Crippen LogP contribution in [0.4, 0.5) is 4.39 Å². The Bertz CT molecular complexity index is 589. The highest BCUT2D eigenvalue weighted by atomic mass is 79.9. The minimum atomic E-state index is -3.01. The minimum Gasteiger partial charge on any atom is -0.340 e. The first-order chi connectivity index (χ1) is 8.87. The van der Waals surface area contributed by atoms with E-state index in [1.54, 1.807) is 12.1 Å². The van der Waals surface area contributed by atoms with E-state index in [1.807, 2.05) is 0 Å². The predicted octanol–water partition coefficient (Wildman–Crippen LogP) is 1.39. The van der Waals surface area contributed by atoms with Gasteiger partial charge in [0.05, 0.1) is 17.9 Å². The van der Waals surface area contributed by atoms with Crippen molar-refractivity contribution in [1.82, 2.24) is 4.90 Å². The molecule has 7 heteroatoms. The van der Waals surface area contributed by atoms with Crippen molar-refractivity contribution >= 4 is 31.7 Å². The van der Waals surface area contributed by atoms with E-state index in [0.717, 1.165) is 0 Å². The molecule has 1 amide bonds. The molecule has 0 saturated carbocycles. The van der Waals surface area contributed by atoms with Gasteiger partial charge in [-0.2, -0.15) is 0 Å². The zero-order valence-corrected chi connectivity index (χ0v) is 12.5. The lowest BCUT2D eigenvalue weighted by atomic mass is 10.1. The maximum absolute atomic E-state index is 13.6. The van der Waals surface area contributed by atoms with Crippen LogP contribution in [0.2, 0.25) is 0 Å². The molecular weight excluding hydrogens is 337 g/mol. The average Bonchev–Trinajstić information content (AvgIpc) is 2.32. The van der Waals surface area contributed by atoms with Gasteiger partial charge in [-0.25, -0.2) is 12.8 Å². The van der Waals surface area contributed by atoms with E-state index in [1.165, 1.54) is 11.0 Å². The van der Waals surface area contributed by atoms with E-state index in [2.05, 4.69) is 15.9 Å². The molecule has 1 fully saturated rings. The SMILES string of the molecule is O=C(Cc1ccc(Br)cc1F)N1CCS(=O)(=O)CC1. The van der Waals surface area contributed by atoms with Crippen molar-refractivity contribution in [3.8, 4) is 0 Å². The van der Waals surface area contributed by atoms with Crippen molar-refractivity contribution in [2.45, 2.75) is 6.42 Å². The average molecular weight is 350 g/mol. The summed E-state index contributed by atoms with van der Waals surface area (Å²) in [7, 11) is -3.01. The Balaban J connectivity index is 2.02. The zero-order chi connectivity index (χ0) is 14.0. The molecule has 0 unspecified atom stereocenters. The lowest BCUT2D eigenvalue weighted by molar-refractivity contribution is -0.130. The van der Waals surface area contributed by atoms with Crippen molar-refractivity contribution in [1.29, 1.82) is 0 Å². The van der Waals surface area contributed by atoms with Crippen LogP contribution in [0.5, 0.6) is 0 Å². The lowest BCUT2D eigenvalue weighted by Gasteiger charge is -2.26. The number of sulfone groups is 1. The maximum Gasteiger partial charge on any atom is 0.227 e. The Morgan fingerprint density at radius 1 is 1.32 bits per heavy atom. The standard InChI is InChI=1S/C12H13BrFNO3S/c13-10-2-1-9(11(14)8-10)7-12(16)15-3-5-19(17,18)6-4-15/h1-2,8H,3-7H2. The Morgan fingerprint density at radius 2 is 1.95 bits per heavy atom. The molecule has 0 N–H and O–H groups in total. The van der Waals surface area contributed by atoms with Crippen LogP contribution in [0.25, 0.3) is 0 Å². The largest absolute Gasteiger partial charge is 0.340 e. The van der Waals surface area contributed by atoms with Gasteiger partial charge in [0.25, 0.3) is 0 Å². The zero-order valence-electron chi connectivity index (χ0n) is 10.1. The van der Waals surface area contributed by atoms with Gasteiger partial charge >= 0.3 is 0 Å². The molecule has 0 aliphatic carbocycles. The van der Waals surface area contributed by atoms with Crippen molar-refractivity contribution < 1.29 is 17.6 Å². The fraction of sp³-hybridized carbons (Fsp3) is 0.417. The molecule has 4 nitrogen and oxygen atoms in total. The molecule has 0 spiro atoms. The van der Waals surface area contributed by atoms with Crippen molar-refractivity contribution in [2.24, 2.45) is 0 Å². The monoisotopic (exact) mass is 349 g/mol. The third kappa shape index (κ3) is 3.76. The van der Waals surface area contributed by atoms with Gasteiger partial charge in [-0.1, -0.05) is 22.0 Å². The Morgan fingerprint density at radius 3 is 2.53 bits per heavy atom. The summed E-state index contributed by atoms with van der Waals surface area (Å²) >= 11 is 3.15. The summed E-state index contributed by atoms with van der Waals surface area (Å²) in [6.07, 6.45) is -0.0425. The molecule has 19 heavy (non-hydrogen) atoms. The predicted molar refractivity (Wildman–Crippen MR) is 73.0 cm³/mol. The van der Waals surface area contributed by atoms with Crippen LogP contribution in [-0.2, 0) is 21.1 Å². The summed E-state index contributed by atoms with van der Waals surface area (Å²) in [6.45, 7) is 0.388. The highest BCUT2D eigenvalue weighted by molar-refractivity contribution is 9.10. The normalized spacial score (nSPS) is 18.3. The number of benzene rings is 1. The van der Waals surface area contributed by atoms with E-state index in [4.69, 9.17) is 0 Å². The molecule has 1 aromatic carbocycles. The molecule has 1 aromatic rings. The topological polar surface area (TPSA) is 54.5 Å². The number of amides is 1. The molecule has 104 valence electrons. The summed E-state index contributed by atoms with van der Waals surface area (Å²) in [6, 6.07) is 4.54. The number of hydrogen-bond acceptors (Lipinski definition) is 3. The van der Waals surface area contributed by atoms with Crippen LogP contribution in [0.15, 0.2) is 22.7 Å². The van der Waals surface area contributed by atoms with E-state index >= 15 is 0 Å². The number of rotatable bonds is 2. The van der Waals surface area contributed by atoms with Crippen LogP contribution in [0.1, 0.15) is 5.56 Å². The van der Waals surface area contributed by atoms with Gasteiger partial charge in [0.2, 0.25) is 5.91 Å². The molecule has 0 bridgehead atoms. The van der Waals surface area contributed by atoms with Gasteiger partial charge in [-0.15, -0.1) is 0 Å². The van der Waals surface area contributed by atoms with Crippen molar-refractivity contribution in [3.63, 3.8) is 0 Å². The molecule has 0 radical (unpaired) electrons. The first kappa shape index (κ1) is 14.5. The number of hydrogen-bond donors (Lipinski definition) is 0.